The number of esters is 1. The summed E-state index contributed by atoms with van der Waals surface area (Å²) in [4.78, 5) is 37.4. The maximum absolute atomic E-state index is 12.7. The van der Waals surface area contributed by atoms with Crippen LogP contribution in [0.5, 0.6) is 0 Å². The molecule has 1 saturated heterocycles. The standard InChI is InChI=1S/C20H28N2O6/c1-19(2,3)27-17(24)21-22(18(25)28-20(4,5)6)14-12-15(26-16(14)23)13-10-8-7-9-11-13/h7-11,14-15H,12H2,1-6H3,(H,21,24)/t14-,15+/m1/s1. The number of nitrogens with zero attached hydrogens (tertiary/aromatic N) is 1. The first-order valence-corrected chi connectivity index (χ1v) is 9.13. The first kappa shape index (κ1) is 21.5. The zero-order valence-corrected chi connectivity index (χ0v) is 17.1. The molecule has 2 rings (SSSR count). The van der Waals surface area contributed by atoms with Crippen molar-refractivity contribution >= 4 is 18.2 Å². The van der Waals surface area contributed by atoms with Crippen LogP contribution in [0.4, 0.5) is 9.59 Å². The molecule has 8 nitrogen and oxygen atoms in total. The molecule has 1 aromatic rings. The summed E-state index contributed by atoms with van der Waals surface area (Å²) in [6.07, 6.45) is -2.08. The maximum Gasteiger partial charge on any atom is 0.430 e. The van der Waals surface area contributed by atoms with E-state index in [1.165, 1.54) is 0 Å². The summed E-state index contributed by atoms with van der Waals surface area (Å²) in [5, 5.41) is 0.852. The van der Waals surface area contributed by atoms with Crippen molar-refractivity contribution in [2.24, 2.45) is 0 Å². The molecule has 0 radical (unpaired) electrons. The molecule has 2 amide bonds. The van der Waals surface area contributed by atoms with Gasteiger partial charge in [0.2, 0.25) is 0 Å². The highest BCUT2D eigenvalue weighted by atomic mass is 16.6. The van der Waals surface area contributed by atoms with Crippen molar-refractivity contribution in [3.8, 4) is 0 Å². The molecule has 154 valence electrons. The second-order valence-electron chi connectivity index (χ2n) is 8.55. The fourth-order valence-corrected chi connectivity index (χ4v) is 2.61. The zero-order chi connectivity index (χ0) is 21.1. The predicted molar refractivity (Wildman–Crippen MR) is 101 cm³/mol. The van der Waals surface area contributed by atoms with Crippen LogP contribution in [0.1, 0.15) is 59.6 Å². The zero-order valence-electron chi connectivity index (χ0n) is 17.1. The highest BCUT2D eigenvalue weighted by molar-refractivity contribution is 5.84. The lowest BCUT2D eigenvalue weighted by atomic mass is 10.0. The van der Waals surface area contributed by atoms with Gasteiger partial charge in [0.1, 0.15) is 17.3 Å². The van der Waals surface area contributed by atoms with E-state index in [1.54, 1.807) is 41.5 Å². The molecule has 0 spiro atoms. The first-order valence-electron chi connectivity index (χ1n) is 9.13. The molecule has 1 heterocycles. The van der Waals surface area contributed by atoms with Gasteiger partial charge in [0.25, 0.3) is 0 Å². The van der Waals surface area contributed by atoms with E-state index < -0.39 is 41.5 Å². The van der Waals surface area contributed by atoms with E-state index >= 15 is 0 Å². The second kappa shape index (κ2) is 8.08. The number of carbonyl (C=O) groups is 3. The normalized spacial score (nSPS) is 19.6. The minimum Gasteiger partial charge on any atom is -0.456 e. The molecule has 0 saturated carbocycles. The quantitative estimate of drug-likeness (QED) is 0.468. The third-order valence-electron chi connectivity index (χ3n) is 3.65. The minimum atomic E-state index is -1.03. The average molecular weight is 392 g/mol. The van der Waals surface area contributed by atoms with E-state index in [-0.39, 0.29) is 6.42 Å². The smallest absolute Gasteiger partial charge is 0.430 e. The number of nitrogens with one attached hydrogen (secondary N) is 1. The van der Waals surface area contributed by atoms with Crippen molar-refractivity contribution in [2.45, 2.75) is 71.3 Å². The largest absolute Gasteiger partial charge is 0.456 e. The van der Waals surface area contributed by atoms with Gasteiger partial charge in [0, 0.05) is 6.42 Å². The van der Waals surface area contributed by atoms with Crippen LogP contribution in [0, 0.1) is 0 Å². The van der Waals surface area contributed by atoms with E-state index in [4.69, 9.17) is 14.2 Å². The first-order chi connectivity index (χ1) is 12.9. The number of amides is 2. The third-order valence-corrected chi connectivity index (χ3v) is 3.65. The van der Waals surface area contributed by atoms with Gasteiger partial charge in [0.05, 0.1) is 0 Å². The van der Waals surface area contributed by atoms with E-state index in [0.29, 0.717) is 0 Å². The highest BCUT2D eigenvalue weighted by Gasteiger charge is 2.44. The predicted octanol–water partition coefficient (Wildman–Crippen LogP) is 3.72. The number of hydrogen-bond donors (Lipinski definition) is 1. The van der Waals surface area contributed by atoms with Crippen molar-refractivity contribution in [2.75, 3.05) is 0 Å². The lowest BCUT2D eigenvalue weighted by Crippen LogP contribution is -2.55. The third kappa shape index (κ3) is 6.14. The van der Waals surface area contributed by atoms with Crippen LogP contribution in [0.3, 0.4) is 0 Å². The number of cyclic esters (lactones) is 1. The molecule has 2 atom stereocenters. The maximum atomic E-state index is 12.7. The molecule has 0 bridgehead atoms. The number of ether oxygens (including phenoxy) is 3. The molecule has 1 aliphatic heterocycles. The summed E-state index contributed by atoms with van der Waals surface area (Å²) in [6.45, 7) is 10.2. The van der Waals surface area contributed by atoms with Gasteiger partial charge in [-0.05, 0) is 47.1 Å². The molecule has 0 aliphatic carbocycles. The Labute approximate surface area is 165 Å². The fraction of sp³-hybridized carbons (Fsp3) is 0.550. The summed E-state index contributed by atoms with van der Waals surface area (Å²) in [6, 6.07) is 8.16. The number of hydrazine groups is 1. The average Bonchev–Trinajstić information content (AvgIpc) is 2.92. The van der Waals surface area contributed by atoms with Crippen molar-refractivity contribution in [3.63, 3.8) is 0 Å². The Morgan fingerprint density at radius 1 is 1.04 bits per heavy atom. The van der Waals surface area contributed by atoms with Crippen molar-refractivity contribution < 1.29 is 28.6 Å². The minimum absolute atomic E-state index is 0.178. The van der Waals surface area contributed by atoms with Gasteiger partial charge < -0.3 is 14.2 Å². The Balaban J connectivity index is 2.21. The van der Waals surface area contributed by atoms with Crippen LogP contribution < -0.4 is 5.43 Å². The van der Waals surface area contributed by atoms with Gasteiger partial charge in [-0.2, -0.15) is 0 Å². The van der Waals surface area contributed by atoms with Crippen molar-refractivity contribution in [1.29, 1.82) is 0 Å². The van der Waals surface area contributed by atoms with Crippen LogP contribution >= 0.6 is 0 Å². The Morgan fingerprint density at radius 2 is 1.61 bits per heavy atom. The number of carbonyl (C=O) groups excluding carboxylic acids is 3. The van der Waals surface area contributed by atoms with Crippen LogP contribution in [0.25, 0.3) is 0 Å². The SMILES string of the molecule is CC(C)(C)OC(=O)NN(C(=O)OC(C)(C)C)[C@@H]1C[C@@H](c2ccccc2)OC1=O. The van der Waals surface area contributed by atoms with Crippen molar-refractivity contribution in [1.82, 2.24) is 10.4 Å². The van der Waals surface area contributed by atoms with Crippen LogP contribution in [-0.2, 0) is 19.0 Å². The van der Waals surface area contributed by atoms with E-state index in [0.717, 1.165) is 10.6 Å². The summed E-state index contributed by atoms with van der Waals surface area (Å²) in [7, 11) is 0. The molecule has 8 heteroatoms. The molecule has 1 aliphatic rings. The van der Waals surface area contributed by atoms with Crippen LogP contribution in [0.2, 0.25) is 0 Å². The Morgan fingerprint density at radius 3 is 2.14 bits per heavy atom. The molecule has 0 unspecified atom stereocenters. The summed E-state index contributed by atoms with van der Waals surface area (Å²) in [5.74, 6) is -0.629. The van der Waals surface area contributed by atoms with Gasteiger partial charge in [0.15, 0.2) is 6.04 Å². The van der Waals surface area contributed by atoms with E-state index in [9.17, 15) is 14.4 Å². The van der Waals surface area contributed by atoms with Gasteiger partial charge in [-0.15, -0.1) is 0 Å². The Hall–Kier alpha value is -2.77. The number of rotatable bonds is 2. The van der Waals surface area contributed by atoms with E-state index in [1.807, 2.05) is 30.3 Å². The van der Waals surface area contributed by atoms with E-state index in [2.05, 4.69) is 5.43 Å². The van der Waals surface area contributed by atoms with Crippen LogP contribution in [0.15, 0.2) is 30.3 Å². The monoisotopic (exact) mass is 392 g/mol. The molecule has 1 N–H and O–H groups in total. The molecule has 1 fully saturated rings. The summed E-state index contributed by atoms with van der Waals surface area (Å²) < 4.78 is 16.0. The number of hydrogen-bond acceptors (Lipinski definition) is 6. The van der Waals surface area contributed by atoms with Gasteiger partial charge >= 0.3 is 18.2 Å². The molecule has 1 aromatic carbocycles. The van der Waals surface area contributed by atoms with Crippen LogP contribution in [-0.4, -0.2) is 40.4 Å². The molecule has 0 aromatic heterocycles. The second-order valence-corrected chi connectivity index (χ2v) is 8.55. The summed E-state index contributed by atoms with van der Waals surface area (Å²) in [5.41, 5.74) is 1.56. The fourth-order valence-electron chi connectivity index (χ4n) is 2.61. The summed E-state index contributed by atoms with van der Waals surface area (Å²) >= 11 is 0. The topological polar surface area (TPSA) is 94.2 Å². The molecular formula is C20H28N2O6. The number of benzene rings is 1. The van der Waals surface area contributed by atoms with Crippen molar-refractivity contribution in [3.05, 3.63) is 35.9 Å². The lowest BCUT2D eigenvalue weighted by molar-refractivity contribution is -0.146. The lowest BCUT2D eigenvalue weighted by Gasteiger charge is -2.30. The van der Waals surface area contributed by atoms with Gasteiger partial charge in [-0.25, -0.2) is 24.8 Å². The molecular weight excluding hydrogens is 364 g/mol. The van der Waals surface area contributed by atoms with Gasteiger partial charge in [-0.1, -0.05) is 30.3 Å². The Kier molecular flexibility index (Phi) is 6.21. The molecule has 28 heavy (non-hydrogen) atoms. The van der Waals surface area contributed by atoms with Gasteiger partial charge in [-0.3, -0.25) is 0 Å². The Bertz CT molecular complexity index is 720. The highest BCUT2D eigenvalue weighted by Crippen LogP contribution is 2.32.